The maximum absolute atomic E-state index is 6.13. The third-order valence-corrected chi connectivity index (χ3v) is 3.55. The Kier molecular flexibility index (Phi) is 3.81. The van der Waals surface area contributed by atoms with Gasteiger partial charge in [-0.2, -0.15) is 0 Å². The second kappa shape index (κ2) is 5.19. The lowest BCUT2D eigenvalue weighted by molar-refractivity contribution is 0.0483. The molecule has 0 radical (unpaired) electrons. The number of benzene rings is 1. The second-order valence-electron chi connectivity index (χ2n) is 5.39. The Balaban J connectivity index is 2.21. The average molecular weight is 249 g/mol. The smallest absolute Gasteiger partial charge is 0.127 e. The predicted octanol–water partition coefficient (Wildman–Crippen LogP) is 2.78. The Morgan fingerprint density at radius 3 is 2.89 bits per heavy atom. The third kappa shape index (κ3) is 2.61. The summed E-state index contributed by atoms with van der Waals surface area (Å²) in [6, 6.07) is 6.44. The Morgan fingerprint density at radius 1 is 1.44 bits per heavy atom. The van der Waals surface area contributed by atoms with Gasteiger partial charge in [-0.15, -0.1) is 0 Å². The van der Waals surface area contributed by atoms with Crippen LogP contribution in [0.5, 0.6) is 11.5 Å². The first kappa shape index (κ1) is 13.2. The summed E-state index contributed by atoms with van der Waals surface area (Å²) in [7, 11) is 1.68. The van der Waals surface area contributed by atoms with Crippen LogP contribution in [0, 0.1) is 0 Å². The number of rotatable bonds is 4. The molecule has 0 unspecified atom stereocenters. The zero-order chi connectivity index (χ0) is 13.2. The number of ether oxygens (including phenoxy) is 2. The minimum absolute atomic E-state index is 0.186. The first-order chi connectivity index (χ1) is 8.56. The molecule has 0 bridgehead atoms. The van der Waals surface area contributed by atoms with Crippen molar-refractivity contribution in [1.29, 1.82) is 0 Å². The molecule has 18 heavy (non-hydrogen) atoms. The van der Waals surface area contributed by atoms with E-state index in [-0.39, 0.29) is 5.60 Å². The predicted molar refractivity (Wildman–Crippen MR) is 73.5 cm³/mol. The van der Waals surface area contributed by atoms with Gasteiger partial charge in [-0.1, -0.05) is 13.0 Å². The molecule has 1 heterocycles. The molecule has 2 rings (SSSR count). The van der Waals surface area contributed by atoms with Crippen LogP contribution in [0.2, 0.25) is 0 Å². The van der Waals surface area contributed by atoms with Gasteiger partial charge in [0.05, 0.1) is 13.2 Å². The Labute approximate surface area is 109 Å². The lowest BCUT2D eigenvalue weighted by Gasteiger charge is -2.40. The number of fused-ring (bicyclic) bond motifs is 1. The SMILES string of the molecule is CCCN[C@@H]1Cc2ccc(OC)cc2OC1(C)C. The van der Waals surface area contributed by atoms with Crippen LogP contribution in [0.25, 0.3) is 0 Å². The summed E-state index contributed by atoms with van der Waals surface area (Å²) in [6.45, 7) is 7.50. The van der Waals surface area contributed by atoms with E-state index in [1.54, 1.807) is 7.11 Å². The van der Waals surface area contributed by atoms with Crippen LogP contribution in [0.1, 0.15) is 32.8 Å². The standard InChI is InChI=1S/C15H23NO2/c1-5-8-16-14-9-11-6-7-12(17-4)10-13(11)18-15(14,2)3/h6-7,10,14,16H,5,8-9H2,1-4H3/t14-/m1/s1. The summed E-state index contributed by atoms with van der Waals surface area (Å²) < 4.78 is 11.4. The minimum atomic E-state index is -0.186. The van der Waals surface area contributed by atoms with Gasteiger partial charge in [0.2, 0.25) is 0 Å². The van der Waals surface area contributed by atoms with E-state index in [0.717, 1.165) is 30.9 Å². The van der Waals surface area contributed by atoms with Gasteiger partial charge in [-0.3, -0.25) is 0 Å². The van der Waals surface area contributed by atoms with Crippen molar-refractivity contribution in [1.82, 2.24) is 5.32 Å². The number of nitrogens with one attached hydrogen (secondary N) is 1. The molecule has 1 aromatic carbocycles. The molecule has 1 aliphatic heterocycles. The molecule has 0 aliphatic carbocycles. The van der Waals surface area contributed by atoms with Crippen molar-refractivity contribution < 1.29 is 9.47 Å². The normalized spacial score (nSPS) is 21.0. The largest absolute Gasteiger partial charge is 0.497 e. The molecule has 1 atom stereocenters. The summed E-state index contributed by atoms with van der Waals surface area (Å²) in [5, 5.41) is 3.57. The van der Waals surface area contributed by atoms with Gasteiger partial charge >= 0.3 is 0 Å². The Bertz CT molecular complexity index is 415. The van der Waals surface area contributed by atoms with Crippen LogP contribution in [0.15, 0.2) is 18.2 Å². The molecule has 0 saturated carbocycles. The van der Waals surface area contributed by atoms with Crippen molar-refractivity contribution in [2.45, 2.75) is 45.3 Å². The Hall–Kier alpha value is -1.22. The van der Waals surface area contributed by atoms with Gasteiger partial charge in [0, 0.05) is 6.07 Å². The van der Waals surface area contributed by atoms with Crippen molar-refractivity contribution in [3.63, 3.8) is 0 Å². The third-order valence-electron chi connectivity index (χ3n) is 3.55. The topological polar surface area (TPSA) is 30.5 Å². The average Bonchev–Trinajstić information content (AvgIpc) is 2.34. The summed E-state index contributed by atoms with van der Waals surface area (Å²) in [5.74, 6) is 1.80. The van der Waals surface area contributed by atoms with E-state index < -0.39 is 0 Å². The molecule has 0 aromatic heterocycles. The highest BCUT2D eigenvalue weighted by atomic mass is 16.5. The molecular formula is C15H23NO2. The van der Waals surface area contributed by atoms with E-state index in [2.05, 4.69) is 32.2 Å². The highest BCUT2D eigenvalue weighted by Crippen LogP contribution is 2.35. The van der Waals surface area contributed by atoms with Gasteiger partial charge in [0.1, 0.15) is 17.1 Å². The number of hydrogen-bond donors (Lipinski definition) is 1. The van der Waals surface area contributed by atoms with Crippen LogP contribution in [-0.4, -0.2) is 25.3 Å². The highest BCUT2D eigenvalue weighted by Gasteiger charge is 2.36. The maximum Gasteiger partial charge on any atom is 0.127 e. The van der Waals surface area contributed by atoms with E-state index in [0.29, 0.717) is 6.04 Å². The molecule has 1 aromatic rings. The zero-order valence-corrected chi connectivity index (χ0v) is 11.7. The molecule has 3 heteroatoms. The highest BCUT2D eigenvalue weighted by molar-refractivity contribution is 5.43. The van der Waals surface area contributed by atoms with E-state index in [4.69, 9.17) is 9.47 Å². The minimum Gasteiger partial charge on any atom is -0.497 e. The van der Waals surface area contributed by atoms with Crippen molar-refractivity contribution in [2.75, 3.05) is 13.7 Å². The van der Waals surface area contributed by atoms with Gasteiger partial charge in [0.15, 0.2) is 0 Å². The lowest BCUT2D eigenvalue weighted by atomic mass is 9.88. The molecule has 1 aliphatic rings. The van der Waals surface area contributed by atoms with Crippen molar-refractivity contribution >= 4 is 0 Å². The van der Waals surface area contributed by atoms with Crippen molar-refractivity contribution in [3.8, 4) is 11.5 Å². The monoisotopic (exact) mass is 249 g/mol. The fourth-order valence-electron chi connectivity index (χ4n) is 2.38. The summed E-state index contributed by atoms with van der Waals surface area (Å²) in [5.41, 5.74) is 1.07. The van der Waals surface area contributed by atoms with Gasteiger partial charge in [-0.25, -0.2) is 0 Å². The summed E-state index contributed by atoms with van der Waals surface area (Å²) >= 11 is 0. The fourth-order valence-corrected chi connectivity index (χ4v) is 2.38. The fraction of sp³-hybridized carbons (Fsp3) is 0.600. The molecule has 0 amide bonds. The first-order valence-corrected chi connectivity index (χ1v) is 6.66. The molecule has 3 nitrogen and oxygen atoms in total. The van der Waals surface area contributed by atoms with Crippen LogP contribution in [-0.2, 0) is 6.42 Å². The van der Waals surface area contributed by atoms with Crippen LogP contribution in [0.4, 0.5) is 0 Å². The van der Waals surface area contributed by atoms with Crippen LogP contribution >= 0.6 is 0 Å². The maximum atomic E-state index is 6.13. The molecule has 0 saturated heterocycles. The first-order valence-electron chi connectivity index (χ1n) is 6.66. The van der Waals surface area contributed by atoms with Crippen LogP contribution < -0.4 is 14.8 Å². The Morgan fingerprint density at radius 2 is 2.22 bits per heavy atom. The molecule has 100 valence electrons. The van der Waals surface area contributed by atoms with Crippen LogP contribution in [0.3, 0.4) is 0 Å². The van der Waals surface area contributed by atoms with Crippen molar-refractivity contribution in [2.24, 2.45) is 0 Å². The van der Waals surface area contributed by atoms with Gasteiger partial charge in [0.25, 0.3) is 0 Å². The molecule has 1 N–H and O–H groups in total. The van der Waals surface area contributed by atoms with E-state index in [1.807, 2.05) is 12.1 Å². The van der Waals surface area contributed by atoms with E-state index >= 15 is 0 Å². The molecular weight excluding hydrogens is 226 g/mol. The summed E-state index contributed by atoms with van der Waals surface area (Å²) in [4.78, 5) is 0. The summed E-state index contributed by atoms with van der Waals surface area (Å²) in [6.07, 6.45) is 2.15. The van der Waals surface area contributed by atoms with Crippen molar-refractivity contribution in [3.05, 3.63) is 23.8 Å². The lowest BCUT2D eigenvalue weighted by Crippen LogP contribution is -2.54. The van der Waals surface area contributed by atoms with Gasteiger partial charge in [-0.05, 0) is 44.9 Å². The quantitative estimate of drug-likeness (QED) is 0.890. The molecule has 0 spiro atoms. The number of hydrogen-bond acceptors (Lipinski definition) is 3. The van der Waals surface area contributed by atoms with Gasteiger partial charge < -0.3 is 14.8 Å². The van der Waals surface area contributed by atoms with E-state index in [9.17, 15) is 0 Å². The van der Waals surface area contributed by atoms with E-state index in [1.165, 1.54) is 5.56 Å². The molecule has 0 fully saturated rings. The second-order valence-corrected chi connectivity index (χ2v) is 5.39. The zero-order valence-electron chi connectivity index (χ0n) is 11.7. The number of methoxy groups -OCH3 is 1.